The Morgan fingerprint density at radius 1 is 1.33 bits per heavy atom. The van der Waals surface area contributed by atoms with Crippen LogP contribution in [0.4, 0.5) is 5.69 Å². The zero-order chi connectivity index (χ0) is 10.9. The third-order valence-corrected chi connectivity index (χ3v) is 4.26. The Kier molecular flexibility index (Phi) is 2.67. The number of para-hydroxylation sites is 1. The Balaban J connectivity index is 2.23. The van der Waals surface area contributed by atoms with Crippen LogP contribution in [0.25, 0.3) is 0 Å². The third kappa shape index (κ3) is 2.30. The molecule has 5 heteroatoms. The molecule has 0 aromatic heterocycles. The Morgan fingerprint density at radius 3 is 2.60 bits per heavy atom. The van der Waals surface area contributed by atoms with Gasteiger partial charge in [0.2, 0.25) is 10.0 Å². The summed E-state index contributed by atoms with van der Waals surface area (Å²) >= 11 is 0. The lowest BCUT2D eigenvalue weighted by Crippen LogP contribution is -2.18. The number of rotatable bonds is 4. The quantitative estimate of drug-likeness (QED) is 0.809. The summed E-state index contributed by atoms with van der Waals surface area (Å²) in [4.78, 5) is 0. The van der Waals surface area contributed by atoms with Crippen molar-refractivity contribution in [2.75, 3.05) is 4.72 Å². The van der Waals surface area contributed by atoms with Crippen molar-refractivity contribution in [2.45, 2.75) is 24.7 Å². The molecule has 1 aromatic rings. The average molecular weight is 227 g/mol. The number of benzene rings is 1. The monoisotopic (exact) mass is 227 g/mol. The molecule has 0 heterocycles. The van der Waals surface area contributed by atoms with Crippen LogP contribution in [0.2, 0.25) is 0 Å². The van der Waals surface area contributed by atoms with Gasteiger partial charge in [0.05, 0.1) is 17.5 Å². The second-order valence-corrected chi connectivity index (χ2v) is 5.62. The summed E-state index contributed by atoms with van der Waals surface area (Å²) in [5.74, 6) is 0. The zero-order valence-electron chi connectivity index (χ0n) is 8.18. The molecule has 2 N–H and O–H groups in total. The molecule has 0 bridgehead atoms. The highest BCUT2D eigenvalue weighted by Crippen LogP contribution is 2.30. The maximum atomic E-state index is 11.6. The Labute approximate surface area is 89.0 Å². The van der Waals surface area contributed by atoms with E-state index in [2.05, 4.69) is 4.72 Å². The van der Waals surface area contributed by atoms with E-state index in [9.17, 15) is 8.42 Å². The van der Waals surface area contributed by atoms with Gasteiger partial charge in [-0.1, -0.05) is 18.2 Å². The van der Waals surface area contributed by atoms with E-state index >= 15 is 0 Å². The van der Waals surface area contributed by atoms with Crippen LogP contribution in [-0.2, 0) is 16.6 Å². The number of hydrogen-bond donors (Lipinski definition) is 2. The molecule has 0 saturated heterocycles. The van der Waals surface area contributed by atoms with Crippen LogP contribution in [0.5, 0.6) is 0 Å². The average Bonchev–Trinajstić information content (AvgIpc) is 3.01. The van der Waals surface area contributed by atoms with Gasteiger partial charge in [0.1, 0.15) is 0 Å². The normalized spacial score (nSPS) is 16.3. The Bertz CT molecular complexity index is 451. The third-order valence-electron chi connectivity index (χ3n) is 2.40. The maximum absolute atomic E-state index is 11.6. The molecule has 0 amide bonds. The van der Waals surface area contributed by atoms with Gasteiger partial charge in [0, 0.05) is 5.56 Å². The van der Waals surface area contributed by atoms with Gasteiger partial charge in [-0.15, -0.1) is 0 Å². The fourth-order valence-corrected chi connectivity index (χ4v) is 2.80. The number of hydrogen-bond acceptors (Lipinski definition) is 3. The van der Waals surface area contributed by atoms with Gasteiger partial charge in [-0.3, -0.25) is 4.72 Å². The topological polar surface area (TPSA) is 66.4 Å². The highest BCUT2D eigenvalue weighted by molar-refractivity contribution is 7.93. The van der Waals surface area contributed by atoms with Gasteiger partial charge in [-0.25, -0.2) is 8.42 Å². The molecule has 1 aliphatic carbocycles. The maximum Gasteiger partial charge on any atom is 0.235 e. The van der Waals surface area contributed by atoms with Crippen molar-refractivity contribution in [2.24, 2.45) is 0 Å². The van der Waals surface area contributed by atoms with E-state index < -0.39 is 10.0 Å². The number of sulfonamides is 1. The molecule has 0 atom stereocenters. The second kappa shape index (κ2) is 3.83. The lowest BCUT2D eigenvalue weighted by Gasteiger charge is -2.10. The molecule has 1 aromatic carbocycles. The minimum absolute atomic E-state index is 0.163. The van der Waals surface area contributed by atoms with Crippen molar-refractivity contribution in [3.8, 4) is 0 Å². The van der Waals surface area contributed by atoms with Crippen LogP contribution >= 0.6 is 0 Å². The molecule has 1 fully saturated rings. The highest BCUT2D eigenvalue weighted by atomic mass is 32.2. The van der Waals surface area contributed by atoms with E-state index in [0.29, 0.717) is 11.3 Å². The number of anilines is 1. The van der Waals surface area contributed by atoms with Crippen molar-refractivity contribution < 1.29 is 13.5 Å². The first kappa shape index (κ1) is 10.4. The predicted molar refractivity (Wildman–Crippen MR) is 57.9 cm³/mol. The van der Waals surface area contributed by atoms with Crippen LogP contribution in [-0.4, -0.2) is 18.8 Å². The van der Waals surface area contributed by atoms with Crippen molar-refractivity contribution in [3.63, 3.8) is 0 Å². The minimum atomic E-state index is -3.23. The second-order valence-electron chi connectivity index (χ2n) is 3.66. The number of aliphatic hydroxyl groups excluding tert-OH is 1. The largest absolute Gasteiger partial charge is 0.392 e. The van der Waals surface area contributed by atoms with E-state index in [4.69, 9.17) is 5.11 Å². The molecular weight excluding hydrogens is 214 g/mol. The number of nitrogens with one attached hydrogen (secondary N) is 1. The summed E-state index contributed by atoms with van der Waals surface area (Å²) in [7, 11) is -3.23. The van der Waals surface area contributed by atoms with E-state index in [-0.39, 0.29) is 11.9 Å². The zero-order valence-corrected chi connectivity index (χ0v) is 9.00. The smallest absolute Gasteiger partial charge is 0.235 e. The van der Waals surface area contributed by atoms with Gasteiger partial charge >= 0.3 is 0 Å². The molecule has 82 valence electrons. The molecule has 2 rings (SSSR count). The first-order valence-electron chi connectivity index (χ1n) is 4.84. The molecule has 0 unspecified atom stereocenters. The van der Waals surface area contributed by atoms with Gasteiger partial charge < -0.3 is 5.11 Å². The van der Waals surface area contributed by atoms with E-state index in [1.54, 1.807) is 24.3 Å². The first-order valence-corrected chi connectivity index (χ1v) is 6.38. The molecular formula is C10H13NO3S. The Morgan fingerprint density at radius 2 is 2.00 bits per heavy atom. The minimum Gasteiger partial charge on any atom is -0.392 e. The van der Waals surface area contributed by atoms with E-state index in [1.165, 1.54) is 0 Å². The predicted octanol–water partition coefficient (Wildman–Crippen LogP) is 1.08. The summed E-state index contributed by atoms with van der Waals surface area (Å²) in [6, 6.07) is 6.86. The molecule has 0 spiro atoms. The lowest BCUT2D eigenvalue weighted by molar-refractivity contribution is 0.282. The first-order chi connectivity index (χ1) is 7.13. The van der Waals surface area contributed by atoms with E-state index in [0.717, 1.165) is 12.8 Å². The van der Waals surface area contributed by atoms with Crippen molar-refractivity contribution in [1.82, 2.24) is 0 Å². The van der Waals surface area contributed by atoms with Crippen LogP contribution < -0.4 is 4.72 Å². The van der Waals surface area contributed by atoms with Crippen molar-refractivity contribution in [1.29, 1.82) is 0 Å². The molecule has 0 radical (unpaired) electrons. The van der Waals surface area contributed by atoms with Crippen LogP contribution in [0.3, 0.4) is 0 Å². The molecule has 1 saturated carbocycles. The standard InChI is InChI=1S/C10H13NO3S/c12-7-8-3-1-2-4-10(8)11-15(13,14)9-5-6-9/h1-4,9,11-12H,5-7H2. The van der Waals surface area contributed by atoms with Crippen molar-refractivity contribution >= 4 is 15.7 Å². The van der Waals surface area contributed by atoms with Crippen LogP contribution in [0.1, 0.15) is 18.4 Å². The van der Waals surface area contributed by atoms with Gasteiger partial charge in [-0.05, 0) is 18.9 Å². The summed E-state index contributed by atoms with van der Waals surface area (Å²) in [6.45, 7) is -0.163. The molecule has 1 aliphatic rings. The summed E-state index contributed by atoms with van der Waals surface area (Å²) in [6.07, 6.45) is 1.47. The van der Waals surface area contributed by atoms with Crippen LogP contribution in [0, 0.1) is 0 Å². The highest BCUT2D eigenvalue weighted by Gasteiger charge is 2.35. The fraction of sp³-hybridized carbons (Fsp3) is 0.400. The Hall–Kier alpha value is -1.07. The fourth-order valence-electron chi connectivity index (χ4n) is 1.37. The summed E-state index contributed by atoms with van der Waals surface area (Å²) < 4.78 is 25.8. The molecule has 4 nitrogen and oxygen atoms in total. The SMILES string of the molecule is O=S(=O)(Nc1ccccc1CO)C1CC1. The molecule has 0 aliphatic heterocycles. The molecule has 15 heavy (non-hydrogen) atoms. The summed E-state index contributed by atoms with van der Waals surface area (Å²) in [5, 5.41) is 8.79. The van der Waals surface area contributed by atoms with Crippen molar-refractivity contribution in [3.05, 3.63) is 29.8 Å². The van der Waals surface area contributed by atoms with Gasteiger partial charge in [-0.2, -0.15) is 0 Å². The van der Waals surface area contributed by atoms with Gasteiger partial charge in [0.25, 0.3) is 0 Å². The van der Waals surface area contributed by atoms with Gasteiger partial charge in [0.15, 0.2) is 0 Å². The summed E-state index contributed by atoms with van der Waals surface area (Å²) in [5.41, 5.74) is 1.08. The van der Waals surface area contributed by atoms with Crippen LogP contribution in [0.15, 0.2) is 24.3 Å². The lowest BCUT2D eigenvalue weighted by atomic mass is 10.2. The number of aliphatic hydroxyl groups is 1. The van der Waals surface area contributed by atoms with E-state index in [1.807, 2.05) is 0 Å².